The minimum absolute atomic E-state index is 0. The third-order valence-electron chi connectivity index (χ3n) is 10.8. The quantitative estimate of drug-likeness (QED) is 0.386. The van der Waals surface area contributed by atoms with Gasteiger partial charge in [-0.15, -0.1) is 0 Å². The Kier molecular flexibility index (Phi) is 14.7. The van der Waals surface area contributed by atoms with Crippen LogP contribution in [0, 0.1) is 58.2 Å². The number of carboxylic acid groups (broad SMARTS) is 1. The van der Waals surface area contributed by atoms with Crippen LogP contribution in [-0.4, -0.2) is 45.9 Å². The summed E-state index contributed by atoms with van der Waals surface area (Å²) in [4.78, 5) is 65.2. The maximum absolute atomic E-state index is 14.4. The number of Topliss-reactive ketones (excluding diaryl/α,β-unsaturated/α-hetero) is 4. The van der Waals surface area contributed by atoms with E-state index in [1.807, 2.05) is 6.92 Å². The molecule has 7 nitrogen and oxygen atoms in total. The average molecular weight is 828 g/mol. The monoisotopic (exact) mass is 828 g/mol. The van der Waals surface area contributed by atoms with Crippen molar-refractivity contribution in [2.24, 2.45) is 58.2 Å². The van der Waals surface area contributed by atoms with E-state index in [4.69, 9.17) is 0 Å². The summed E-state index contributed by atoms with van der Waals surface area (Å²) in [6, 6.07) is 0. The van der Waals surface area contributed by atoms with E-state index in [1.165, 1.54) is 0 Å². The molecule has 198 valence electrons. The first-order valence-electron chi connectivity index (χ1n) is 13.1. The van der Waals surface area contributed by atoms with E-state index in [2.05, 4.69) is 0 Å². The number of aliphatic carboxylic acids is 1. The van der Waals surface area contributed by atoms with Gasteiger partial charge in [0.05, 0.1) is 5.92 Å². The summed E-state index contributed by atoms with van der Waals surface area (Å²) in [5.41, 5.74) is -1.35. The molecule has 0 saturated heterocycles. The number of ketones is 4. The number of fused-ring (bicyclic) bond motifs is 6. The summed E-state index contributed by atoms with van der Waals surface area (Å²) in [6.45, 7) is 3.09. The van der Waals surface area contributed by atoms with Gasteiger partial charge in [0.2, 0.25) is 0 Å². The van der Waals surface area contributed by atoms with Crippen LogP contribution in [-0.2, 0) is 155 Å². The number of aliphatic hydroxyl groups excluding tert-OH is 1. The Morgan fingerprint density at radius 3 is 1.66 bits per heavy atom. The van der Waals surface area contributed by atoms with Gasteiger partial charge in [0, 0.05) is 172 Å². The molecule has 5 saturated carbocycles. The van der Waals surface area contributed by atoms with E-state index >= 15 is 0 Å². The Labute approximate surface area is 325 Å². The molecule has 11 heteroatoms. The molecule has 10 atom stereocenters. The predicted molar refractivity (Wildman–Crippen MR) is 120 cm³/mol. The van der Waals surface area contributed by atoms with Crippen LogP contribution in [0.2, 0.25) is 0 Å². The zero-order chi connectivity index (χ0) is 24.6. The van der Waals surface area contributed by atoms with Crippen molar-refractivity contribution in [2.75, 3.05) is 6.61 Å². The van der Waals surface area contributed by atoms with Crippen molar-refractivity contribution in [3.8, 4) is 0 Å². The number of carboxylic acids is 1. The summed E-state index contributed by atoms with van der Waals surface area (Å²) in [5.74, 6) is -4.04. The van der Waals surface area contributed by atoms with Gasteiger partial charge in [-0.2, -0.15) is 0 Å². The van der Waals surface area contributed by atoms with E-state index in [9.17, 15) is 34.2 Å². The van der Waals surface area contributed by atoms with Crippen LogP contribution in [0.15, 0.2) is 0 Å². The molecule has 5 rings (SSSR count). The van der Waals surface area contributed by atoms with Gasteiger partial charge in [-0.05, 0) is 68.6 Å². The van der Waals surface area contributed by atoms with Gasteiger partial charge in [-0.1, -0.05) is 13.8 Å². The molecule has 4 radical (unpaired) electrons. The third kappa shape index (κ3) is 5.59. The van der Waals surface area contributed by atoms with Crippen molar-refractivity contribution in [3.05, 3.63) is 0 Å². The third-order valence-corrected chi connectivity index (χ3v) is 10.8. The van der Waals surface area contributed by atoms with E-state index in [-0.39, 0.29) is 178 Å². The maximum atomic E-state index is 14.4. The number of carbonyl (C=O) groups is 5. The van der Waals surface area contributed by atoms with Crippen molar-refractivity contribution in [2.45, 2.75) is 71.6 Å². The van der Waals surface area contributed by atoms with E-state index in [1.54, 1.807) is 6.92 Å². The molecule has 0 aromatic heterocycles. The van der Waals surface area contributed by atoms with Crippen molar-refractivity contribution in [1.29, 1.82) is 0 Å². The van der Waals surface area contributed by atoms with Crippen LogP contribution in [0.3, 0.4) is 0 Å². The Hall–Kier alpha value is 2.53. The number of carbonyl (C=O) groups excluding carboxylic acids is 4. The minimum Gasteiger partial charge on any atom is -0.481 e. The van der Waals surface area contributed by atoms with Gasteiger partial charge in [0.15, 0.2) is 5.78 Å². The molecule has 0 aromatic rings. The molecular formula is C27H36O7Y4. The van der Waals surface area contributed by atoms with Crippen LogP contribution >= 0.6 is 0 Å². The average Bonchev–Trinajstić information content (AvgIpc) is 3.60. The fourth-order valence-electron chi connectivity index (χ4n) is 9.81. The van der Waals surface area contributed by atoms with E-state index in [0.29, 0.717) is 57.8 Å². The topological polar surface area (TPSA) is 126 Å². The molecule has 5 fully saturated rings. The molecule has 0 amide bonds. The van der Waals surface area contributed by atoms with Crippen LogP contribution in [0.4, 0.5) is 0 Å². The van der Waals surface area contributed by atoms with Crippen molar-refractivity contribution >= 4 is 29.1 Å². The molecule has 2 spiro atoms. The SMILES string of the molecule is CCCC(=O)[C@H]1[C@@H](C(=O)O)[C@H]2C[C@@H]1[C@]1(CC[C@]3(CC4C[C@@H]3[C@H](C(=O)CO)[C@@H]4C(=O)CC)C1=O)C2.[Y].[Y].[Y].[Y]. The smallest absolute Gasteiger partial charge is 0.307 e. The molecule has 38 heavy (non-hydrogen) atoms. The molecule has 5 aliphatic rings. The number of rotatable bonds is 8. The second kappa shape index (κ2) is 14.5. The first-order chi connectivity index (χ1) is 16.2. The van der Waals surface area contributed by atoms with Crippen LogP contribution in [0.25, 0.3) is 0 Å². The molecule has 0 heterocycles. The summed E-state index contributed by atoms with van der Waals surface area (Å²) in [5, 5.41) is 19.6. The number of aliphatic hydroxyl groups is 1. The summed E-state index contributed by atoms with van der Waals surface area (Å²) >= 11 is 0. The zero-order valence-corrected chi connectivity index (χ0v) is 33.8. The second-order valence-corrected chi connectivity index (χ2v) is 11.9. The van der Waals surface area contributed by atoms with Gasteiger partial charge in [0.25, 0.3) is 0 Å². The molecular weight excluding hydrogens is 792 g/mol. The Morgan fingerprint density at radius 1 is 0.763 bits per heavy atom. The molecule has 1 unspecified atom stereocenters. The normalized spacial score (nSPS) is 41.3. The van der Waals surface area contributed by atoms with Gasteiger partial charge < -0.3 is 10.2 Å². The standard InChI is InChI=1S/C27H36O7.4Y/c1-3-5-18(30)22-15-9-14(21(22)24(32)33)11-27(15)7-6-26(25(27)34)10-13-8-16(26)23(19(31)12-28)20(13)17(29)4-2;;;;/h13-16,20-23,28H,3-12H2,1-2H3,(H,32,33);;;;/t13?,14-,15-,16+,20-,21-,22-,23+,26+,27-;;;;/m0..../s1. The maximum Gasteiger partial charge on any atom is 0.307 e. The predicted octanol–water partition coefficient (Wildman–Crippen LogP) is 2.85. The van der Waals surface area contributed by atoms with Crippen molar-refractivity contribution in [1.82, 2.24) is 0 Å². The largest absolute Gasteiger partial charge is 0.481 e. The summed E-state index contributed by atoms with van der Waals surface area (Å²) < 4.78 is 0. The molecule has 0 aromatic carbocycles. The van der Waals surface area contributed by atoms with Gasteiger partial charge in [-0.3, -0.25) is 24.0 Å². The van der Waals surface area contributed by atoms with Crippen LogP contribution in [0.5, 0.6) is 0 Å². The van der Waals surface area contributed by atoms with Crippen LogP contribution in [0.1, 0.15) is 71.6 Å². The fourth-order valence-corrected chi connectivity index (χ4v) is 9.81. The number of hydrogen-bond donors (Lipinski definition) is 2. The fraction of sp³-hybridized carbons (Fsp3) is 0.815. The second-order valence-electron chi connectivity index (χ2n) is 11.9. The molecule has 4 bridgehead atoms. The first kappa shape index (κ1) is 38.6. The van der Waals surface area contributed by atoms with Gasteiger partial charge in [0.1, 0.15) is 24.0 Å². The van der Waals surface area contributed by atoms with E-state index < -0.39 is 47.1 Å². The number of hydrogen-bond acceptors (Lipinski definition) is 6. The summed E-state index contributed by atoms with van der Waals surface area (Å²) in [6.07, 6.45) is 5.04. The van der Waals surface area contributed by atoms with Gasteiger partial charge in [-0.25, -0.2) is 0 Å². The minimum atomic E-state index is -0.925. The Balaban J connectivity index is 0.00000180. The zero-order valence-electron chi connectivity index (χ0n) is 22.4. The van der Waals surface area contributed by atoms with E-state index in [0.717, 1.165) is 0 Å². The first-order valence-corrected chi connectivity index (χ1v) is 13.1. The molecule has 2 N–H and O–H groups in total. The molecule has 0 aliphatic heterocycles. The van der Waals surface area contributed by atoms with Crippen LogP contribution < -0.4 is 0 Å². The Bertz CT molecular complexity index is 959. The van der Waals surface area contributed by atoms with Crippen molar-refractivity contribution < 1.29 is 165 Å². The molecule has 5 aliphatic carbocycles. The van der Waals surface area contributed by atoms with Crippen molar-refractivity contribution in [3.63, 3.8) is 0 Å². The summed E-state index contributed by atoms with van der Waals surface area (Å²) in [7, 11) is 0. The van der Waals surface area contributed by atoms with Gasteiger partial charge >= 0.3 is 5.97 Å². The Morgan fingerprint density at radius 2 is 1.24 bits per heavy atom.